The smallest absolute Gasteiger partial charge is 0.337 e. The van der Waals surface area contributed by atoms with Crippen LogP contribution in [-0.4, -0.2) is 31.1 Å². The normalized spacial score (nSPS) is 10.2. The van der Waals surface area contributed by atoms with E-state index in [0.29, 0.717) is 28.4 Å². The number of methoxy groups -OCH3 is 2. The number of esters is 1. The van der Waals surface area contributed by atoms with Crippen molar-refractivity contribution in [2.24, 2.45) is 0 Å². The van der Waals surface area contributed by atoms with E-state index in [-0.39, 0.29) is 5.91 Å². The summed E-state index contributed by atoms with van der Waals surface area (Å²) in [5.74, 6) is 0.479. The monoisotopic (exact) mass is 391 g/mol. The maximum absolute atomic E-state index is 12.5. The highest BCUT2D eigenvalue weighted by molar-refractivity contribution is 6.04. The lowest BCUT2D eigenvalue weighted by Gasteiger charge is -2.12. The van der Waals surface area contributed by atoms with Gasteiger partial charge in [0.1, 0.15) is 11.6 Å². The summed E-state index contributed by atoms with van der Waals surface area (Å²) in [5, 5.41) is 5.93. The largest absolute Gasteiger partial charge is 0.495 e. The molecule has 2 N–H and O–H groups in total. The Kier molecular flexibility index (Phi) is 6.09. The molecule has 0 fully saturated rings. The third-order valence-electron chi connectivity index (χ3n) is 4.18. The Morgan fingerprint density at radius 2 is 1.79 bits per heavy atom. The first-order valence-electron chi connectivity index (χ1n) is 8.87. The van der Waals surface area contributed by atoms with Gasteiger partial charge in [0, 0.05) is 11.9 Å². The predicted octanol–water partition coefficient (Wildman–Crippen LogP) is 4.18. The average Bonchev–Trinajstić information content (AvgIpc) is 2.74. The number of rotatable bonds is 6. The average molecular weight is 391 g/mol. The van der Waals surface area contributed by atoms with Crippen LogP contribution in [0.4, 0.5) is 17.2 Å². The van der Waals surface area contributed by atoms with E-state index < -0.39 is 5.97 Å². The fourth-order valence-electron chi connectivity index (χ4n) is 2.70. The molecule has 0 aliphatic carbocycles. The number of hydrogen-bond donors (Lipinski definition) is 2. The molecule has 0 atom stereocenters. The minimum absolute atomic E-state index is 0.334. The van der Waals surface area contributed by atoms with Gasteiger partial charge in [-0.15, -0.1) is 0 Å². The molecule has 0 bridgehead atoms. The highest BCUT2D eigenvalue weighted by Crippen LogP contribution is 2.27. The van der Waals surface area contributed by atoms with Gasteiger partial charge in [-0.1, -0.05) is 12.1 Å². The van der Waals surface area contributed by atoms with Crippen molar-refractivity contribution in [1.82, 2.24) is 4.98 Å². The van der Waals surface area contributed by atoms with Crippen molar-refractivity contribution in [3.05, 3.63) is 77.5 Å². The van der Waals surface area contributed by atoms with Crippen molar-refractivity contribution >= 4 is 29.1 Å². The fourth-order valence-corrected chi connectivity index (χ4v) is 2.70. The molecule has 0 radical (unpaired) electrons. The molecule has 3 rings (SSSR count). The summed E-state index contributed by atoms with van der Waals surface area (Å²) in [6.45, 7) is 1.99. The minimum Gasteiger partial charge on any atom is -0.495 e. The van der Waals surface area contributed by atoms with Gasteiger partial charge in [0.15, 0.2) is 0 Å². The first-order valence-corrected chi connectivity index (χ1v) is 8.87. The number of nitrogens with one attached hydrogen (secondary N) is 2. The number of aryl methyl sites for hydroxylation is 1. The van der Waals surface area contributed by atoms with Crippen molar-refractivity contribution in [1.29, 1.82) is 0 Å². The van der Waals surface area contributed by atoms with Gasteiger partial charge < -0.3 is 20.1 Å². The van der Waals surface area contributed by atoms with E-state index in [1.807, 2.05) is 25.1 Å². The molecule has 1 aromatic heterocycles. The fraction of sp³-hybridized carbons (Fsp3) is 0.136. The molecule has 0 aliphatic heterocycles. The number of benzene rings is 2. The molecular formula is C22H21N3O4. The first kappa shape index (κ1) is 19.9. The predicted molar refractivity (Wildman–Crippen MR) is 111 cm³/mol. The van der Waals surface area contributed by atoms with E-state index in [4.69, 9.17) is 4.74 Å². The molecule has 148 valence electrons. The van der Waals surface area contributed by atoms with Crippen molar-refractivity contribution in [2.75, 3.05) is 24.9 Å². The maximum atomic E-state index is 12.5. The third-order valence-corrected chi connectivity index (χ3v) is 4.18. The van der Waals surface area contributed by atoms with E-state index in [2.05, 4.69) is 20.4 Å². The summed E-state index contributed by atoms with van der Waals surface area (Å²) < 4.78 is 10.0. The Morgan fingerprint density at radius 3 is 2.48 bits per heavy atom. The number of hydrogen-bond acceptors (Lipinski definition) is 6. The number of anilines is 3. The van der Waals surface area contributed by atoms with Gasteiger partial charge in [-0.05, 0) is 55.0 Å². The molecule has 0 aliphatic rings. The molecule has 29 heavy (non-hydrogen) atoms. The van der Waals surface area contributed by atoms with Crippen LogP contribution >= 0.6 is 0 Å². The lowest BCUT2D eigenvalue weighted by molar-refractivity contribution is 0.0600. The zero-order valence-electron chi connectivity index (χ0n) is 16.4. The number of nitrogens with zero attached hydrogens (tertiary/aromatic N) is 1. The van der Waals surface area contributed by atoms with Crippen LogP contribution in [0.2, 0.25) is 0 Å². The van der Waals surface area contributed by atoms with Gasteiger partial charge in [0.2, 0.25) is 0 Å². The molecule has 0 unspecified atom stereocenters. The lowest BCUT2D eigenvalue weighted by Crippen LogP contribution is -2.13. The molecule has 1 heterocycles. The summed E-state index contributed by atoms with van der Waals surface area (Å²) in [5.41, 5.74) is 3.10. The molecule has 0 saturated carbocycles. The first-order chi connectivity index (χ1) is 14.0. The van der Waals surface area contributed by atoms with Crippen LogP contribution in [0.5, 0.6) is 5.75 Å². The van der Waals surface area contributed by atoms with Crippen LogP contribution in [0.15, 0.2) is 60.8 Å². The van der Waals surface area contributed by atoms with Crippen LogP contribution in [-0.2, 0) is 4.74 Å². The van der Waals surface area contributed by atoms with E-state index in [1.54, 1.807) is 43.5 Å². The third kappa shape index (κ3) is 4.90. The van der Waals surface area contributed by atoms with Gasteiger partial charge in [-0.3, -0.25) is 4.79 Å². The Hall–Kier alpha value is -3.87. The SMILES string of the molecule is COC(=O)c1cccc(NC(=O)c2ccc(Nc3cc(C)ccc3OC)nc2)c1. The second-order valence-corrected chi connectivity index (χ2v) is 6.29. The van der Waals surface area contributed by atoms with Crippen LogP contribution in [0, 0.1) is 6.92 Å². The Labute approximate surface area is 168 Å². The van der Waals surface area contributed by atoms with Crippen molar-refractivity contribution in [3.63, 3.8) is 0 Å². The standard InChI is InChI=1S/C22H21N3O4/c1-14-7-9-19(28-2)18(11-14)25-20-10-8-16(13-23-20)21(26)24-17-6-4-5-15(12-17)22(27)29-3/h4-13H,1-3H3,(H,23,25)(H,24,26). The van der Waals surface area contributed by atoms with Crippen molar-refractivity contribution < 1.29 is 19.1 Å². The second kappa shape index (κ2) is 8.88. The summed E-state index contributed by atoms with van der Waals surface area (Å²) >= 11 is 0. The summed E-state index contributed by atoms with van der Waals surface area (Å²) in [4.78, 5) is 28.4. The zero-order chi connectivity index (χ0) is 20.8. The molecule has 7 heteroatoms. The number of carbonyl (C=O) groups is 2. The van der Waals surface area contributed by atoms with Crippen molar-refractivity contribution in [3.8, 4) is 5.75 Å². The van der Waals surface area contributed by atoms with Gasteiger partial charge in [0.05, 0.1) is 31.0 Å². The molecule has 0 saturated heterocycles. The topological polar surface area (TPSA) is 89.5 Å². The van der Waals surface area contributed by atoms with Crippen LogP contribution < -0.4 is 15.4 Å². The molecule has 1 amide bonds. The Balaban J connectivity index is 1.71. The molecule has 3 aromatic rings. The van der Waals surface area contributed by atoms with E-state index in [9.17, 15) is 9.59 Å². The van der Waals surface area contributed by atoms with E-state index in [1.165, 1.54) is 13.3 Å². The number of amides is 1. The molecule has 0 spiro atoms. The maximum Gasteiger partial charge on any atom is 0.337 e. The zero-order valence-corrected chi connectivity index (χ0v) is 16.4. The van der Waals surface area contributed by atoms with Crippen LogP contribution in [0.3, 0.4) is 0 Å². The van der Waals surface area contributed by atoms with Gasteiger partial charge in [0.25, 0.3) is 5.91 Å². The van der Waals surface area contributed by atoms with Crippen LogP contribution in [0.25, 0.3) is 0 Å². The molecular weight excluding hydrogens is 370 g/mol. The summed E-state index contributed by atoms with van der Waals surface area (Å²) in [6, 6.07) is 15.7. The quantitative estimate of drug-likeness (QED) is 0.613. The number of ether oxygens (including phenoxy) is 2. The number of aromatic nitrogens is 1. The summed E-state index contributed by atoms with van der Waals surface area (Å²) in [7, 11) is 2.91. The molecule has 7 nitrogen and oxygen atoms in total. The van der Waals surface area contributed by atoms with Crippen LogP contribution in [0.1, 0.15) is 26.3 Å². The van der Waals surface area contributed by atoms with Crippen molar-refractivity contribution in [2.45, 2.75) is 6.92 Å². The van der Waals surface area contributed by atoms with E-state index in [0.717, 1.165) is 11.3 Å². The highest BCUT2D eigenvalue weighted by Gasteiger charge is 2.11. The lowest BCUT2D eigenvalue weighted by atomic mass is 10.2. The number of carbonyl (C=O) groups excluding carboxylic acids is 2. The Morgan fingerprint density at radius 1 is 0.966 bits per heavy atom. The van der Waals surface area contributed by atoms with Gasteiger partial charge in [-0.2, -0.15) is 0 Å². The summed E-state index contributed by atoms with van der Waals surface area (Å²) in [6.07, 6.45) is 1.48. The minimum atomic E-state index is -0.468. The van der Waals surface area contributed by atoms with E-state index >= 15 is 0 Å². The van der Waals surface area contributed by atoms with Gasteiger partial charge in [-0.25, -0.2) is 9.78 Å². The molecule has 2 aromatic carbocycles. The second-order valence-electron chi connectivity index (χ2n) is 6.29. The number of pyridine rings is 1. The Bertz CT molecular complexity index is 1030. The highest BCUT2D eigenvalue weighted by atomic mass is 16.5. The van der Waals surface area contributed by atoms with Gasteiger partial charge >= 0.3 is 5.97 Å².